The number of nitrogens with zero attached hydrogens (tertiary/aromatic N) is 2. The molecule has 1 aliphatic heterocycles. The Morgan fingerprint density at radius 3 is 2.48 bits per heavy atom. The minimum atomic E-state index is -0.580. The van der Waals surface area contributed by atoms with E-state index in [1.807, 2.05) is 61.5 Å². The van der Waals surface area contributed by atoms with Crippen LogP contribution in [0.4, 0.5) is 5.69 Å². The van der Waals surface area contributed by atoms with Crippen molar-refractivity contribution in [3.05, 3.63) is 65.7 Å². The predicted molar refractivity (Wildman–Crippen MR) is 96.3 cm³/mol. The van der Waals surface area contributed by atoms with Crippen LogP contribution in [0.25, 0.3) is 0 Å². The van der Waals surface area contributed by atoms with Crippen LogP contribution in [0, 0.1) is 6.92 Å². The minimum Gasteiger partial charge on any atom is -0.387 e. The Morgan fingerprint density at radius 1 is 1.12 bits per heavy atom. The first-order chi connectivity index (χ1) is 12.1. The molecule has 1 atom stereocenters. The van der Waals surface area contributed by atoms with Gasteiger partial charge in [-0.2, -0.15) is 0 Å². The second kappa shape index (κ2) is 7.49. The minimum absolute atomic E-state index is 0.00870. The fourth-order valence-electron chi connectivity index (χ4n) is 3.31. The molecule has 0 aromatic heterocycles. The number of carbonyl (C=O) groups excluding carboxylic acids is 2. The molecule has 1 aliphatic rings. The number of aliphatic hydroxyl groups excluding tert-OH is 1. The maximum atomic E-state index is 12.6. The van der Waals surface area contributed by atoms with Crippen molar-refractivity contribution in [3.63, 3.8) is 0 Å². The summed E-state index contributed by atoms with van der Waals surface area (Å²) in [4.78, 5) is 28.0. The third-order valence-corrected chi connectivity index (χ3v) is 4.62. The van der Waals surface area contributed by atoms with Crippen LogP contribution in [0.5, 0.6) is 0 Å². The number of anilines is 1. The maximum Gasteiger partial charge on any atom is 0.249 e. The van der Waals surface area contributed by atoms with Gasteiger partial charge in [0.05, 0.1) is 6.04 Å². The van der Waals surface area contributed by atoms with Crippen molar-refractivity contribution in [2.45, 2.75) is 19.4 Å². The van der Waals surface area contributed by atoms with Gasteiger partial charge in [0.1, 0.15) is 13.2 Å². The van der Waals surface area contributed by atoms with Crippen molar-refractivity contribution in [2.75, 3.05) is 24.6 Å². The van der Waals surface area contributed by atoms with Gasteiger partial charge in [-0.25, -0.2) is 0 Å². The van der Waals surface area contributed by atoms with E-state index < -0.39 is 12.5 Å². The molecule has 0 aliphatic carbocycles. The summed E-state index contributed by atoms with van der Waals surface area (Å²) in [5, 5.41) is 9.27. The van der Waals surface area contributed by atoms with Crippen LogP contribution in [-0.2, 0) is 16.0 Å². The van der Waals surface area contributed by atoms with Crippen molar-refractivity contribution in [2.24, 2.45) is 0 Å². The zero-order chi connectivity index (χ0) is 17.8. The first-order valence-electron chi connectivity index (χ1n) is 8.40. The lowest BCUT2D eigenvalue weighted by Gasteiger charge is -2.41. The molecule has 25 heavy (non-hydrogen) atoms. The lowest BCUT2D eigenvalue weighted by Crippen LogP contribution is -2.59. The van der Waals surface area contributed by atoms with E-state index in [-0.39, 0.29) is 18.5 Å². The van der Waals surface area contributed by atoms with Crippen LogP contribution in [-0.4, -0.2) is 47.6 Å². The second-order valence-corrected chi connectivity index (χ2v) is 6.31. The second-order valence-electron chi connectivity index (χ2n) is 6.31. The molecular formula is C20H22N2O3. The molecule has 1 saturated heterocycles. The highest BCUT2D eigenvalue weighted by atomic mass is 16.3. The molecule has 0 bridgehead atoms. The maximum absolute atomic E-state index is 12.6. The molecule has 130 valence electrons. The molecule has 0 unspecified atom stereocenters. The van der Waals surface area contributed by atoms with E-state index >= 15 is 0 Å². The first-order valence-corrected chi connectivity index (χ1v) is 8.40. The van der Waals surface area contributed by atoms with Crippen LogP contribution in [0.3, 0.4) is 0 Å². The Kier molecular flexibility index (Phi) is 5.14. The number of rotatable bonds is 4. The number of aryl methyl sites for hydroxylation is 1. The van der Waals surface area contributed by atoms with Crippen molar-refractivity contribution in [1.29, 1.82) is 0 Å². The average molecular weight is 338 g/mol. The normalized spacial score (nSPS) is 17.7. The number of piperazine rings is 1. The van der Waals surface area contributed by atoms with Crippen LogP contribution >= 0.6 is 0 Å². The SMILES string of the molecule is Cc1ccccc1N1C[C@@H](Cc2ccccc2)N(C(=O)CO)CC1=O. The molecule has 2 amide bonds. The summed E-state index contributed by atoms with van der Waals surface area (Å²) < 4.78 is 0. The van der Waals surface area contributed by atoms with Gasteiger partial charge < -0.3 is 14.9 Å². The highest BCUT2D eigenvalue weighted by Crippen LogP contribution is 2.25. The van der Waals surface area contributed by atoms with Gasteiger partial charge in [0, 0.05) is 12.2 Å². The average Bonchev–Trinajstić information content (AvgIpc) is 2.64. The summed E-state index contributed by atoms with van der Waals surface area (Å²) >= 11 is 0. The lowest BCUT2D eigenvalue weighted by molar-refractivity contribution is -0.142. The number of aliphatic hydroxyl groups is 1. The summed E-state index contributed by atoms with van der Waals surface area (Å²) in [5.41, 5.74) is 3.00. The van der Waals surface area contributed by atoms with Gasteiger partial charge >= 0.3 is 0 Å². The van der Waals surface area contributed by atoms with Gasteiger partial charge in [-0.05, 0) is 30.5 Å². The Hall–Kier alpha value is -2.66. The molecule has 5 heteroatoms. The van der Waals surface area contributed by atoms with Crippen LogP contribution in [0.15, 0.2) is 54.6 Å². The van der Waals surface area contributed by atoms with Gasteiger partial charge in [0.25, 0.3) is 0 Å². The van der Waals surface area contributed by atoms with E-state index in [1.54, 1.807) is 4.90 Å². The van der Waals surface area contributed by atoms with E-state index in [0.29, 0.717) is 13.0 Å². The number of hydrogen-bond acceptors (Lipinski definition) is 3. The van der Waals surface area contributed by atoms with E-state index in [1.165, 1.54) is 4.90 Å². The van der Waals surface area contributed by atoms with E-state index in [4.69, 9.17) is 0 Å². The third-order valence-electron chi connectivity index (χ3n) is 4.62. The molecule has 2 aromatic carbocycles. The van der Waals surface area contributed by atoms with Gasteiger partial charge in [-0.1, -0.05) is 48.5 Å². The van der Waals surface area contributed by atoms with Crippen molar-refractivity contribution < 1.29 is 14.7 Å². The fourth-order valence-corrected chi connectivity index (χ4v) is 3.31. The van der Waals surface area contributed by atoms with Gasteiger partial charge in [-0.15, -0.1) is 0 Å². The molecule has 0 spiro atoms. The first kappa shape index (κ1) is 17.2. The largest absolute Gasteiger partial charge is 0.387 e. The quantitative estimate of drug-likeness (QED) is 0.924. The molecule has 0 radical (unpaired) electrons. The Balaban J connectivity index is 1.89. The summed E-state index contributed by atoms with van der Waals surface area (Å²) in [6.07, 6.45) is 0.641. The molecular weight excluding hydrogens is 316 g/mol. The predicted octanol–water partition coefficient (Wildman–Crippen LogP) is 1.77. The van der Waals surface area contributed by atoms with Crippen molar-refractivity contribution in [3.8, 4) is 0 Å². The number of amides is 2. The molecule has 1 heterocycles. The Labute approximate surface area is 147 Å². The Morgan fingerprint density at radius 2 is 1.80 bits per heavy atom. The summed E-state index contributed by atoms with van der Waals surface area (Å²) in [6.45, 7) is 1.80. The molecule has 5 nitrogen and oxygen atoms in total. The van der Waals surface area contributed by atoms with Crippen LogP contribution in [0.1, 0.15) is 11.1 Å². The van der Waals surface area contributed by atoms with E-state index in [0.717, 1.165) is 16.8 Å². The molecule has 2 aromatic rings. The van der Waals surface area contributed by atoms with Crippen molar-refractivity contribution >= 4 is 17.5 Å². The van der Waals surface area contributed by atoms with Gasteiger partial charge in [0.15, 0.2) is 0 Å². The Bertz CT molecular complexity index is 761. The number of hydrogen-bond donors (Lipinski definition) is 1. The third kappa shape index (κ3) is 3.72. The standard InChI is InChI=1S/C20H22N2O3/c1-15-7-5-6-10-18(15)22-12-17(11-16-8-3-2-4-9-16)21(13-19(22)24)20(25)14-23/h2-10,17,23H,11-14H2,1H3/t17-/m1/s1. The van der Waals surface area contributed by atoms with E-state index in [9.17, 15) is 14.7 Å². The van der Waals surface area contributed by atoms with Crippen LogP contribution in [0.2, 0.25) is 0 Å². The summed E-state index contributed by atoms with van der Waals surface area (Å²) in [5.74, 6) is -0.529. The molecule has 1 N–H and O–H groups in total. The zero-order valence-corrected chi connectivity index (χ0v) is 14.3. The number of benzene rings is 2. The molecule has 3 rings (SSSR count). The number of carbonyl (C=O) groups is 2. The van der Waals surface area contributed by atoms with Crippen LogP contribution < -0.4 is 4.90 Å². The van der Waals surface area contributed by atoms with Gasteiger partial charge in [-0.3, -0.25) is 9.59 Å². The van der Waals surface area contributed by atoms with Crippen molar-refractivity contribution in [1.82, 2.24) is 4.90 Å². The fraction of sp³-hybridized carbons (Fsp3) is 0.300. The zero-order valence-electron chi connectivity index (χ0n) is 14.3. The monoisotopic (exact) mass is 338 g/mol. The highest BCUT2D eigenvalue weighted by Gasteiger charge is 2.35. The molecule has 0 saturated carbocycles. The summed E-state index contributed by atoms with van der Waals surface area (Å²) in [6, 6.07) is 17.5. The lowest BCUT2D eigenvalue weighted by atomic mass is 10.0. The number of para-hydroxylation sites is 1. The summed E-state index contributed by atoms with van der Waals surface area (Å²) in [7, 11) is 0. The van der Waals surface area contributed by atoms with Gasteiger partial charge in [0.2, 0.25) is 11.8 Å². The highest BCUT2D eigenvalue weighted by molar-refractivity contribution is 5.98. The van der Waals surface area contributed by atoms with E-state index in [2.05, 4.69) is 0 Å². The molecule has 1 fully saturated rings. The smallest absolute Gasteiger partial charge is 0.249 e. The topological polar surface area (TPSA) is 60.9 Å².